The molecule has 0 aliphatic rings. The first-order valence-electron chi connectivity index (χ1n) is 14.6. The molecule has 0 saturated heterocycles. The highest BCUT2D eigenvalue weighted by Gasteiger charge is 2.35. The summed E-state index contributed by atoms with van der Waals surface area (Å²) in [6.07, 6.45) is 0.234. The number of carbonyl (C=O) groups is 2. The van der Waals surface area contributed by atoms with Crippen LogP contribution in [0.2, 0.25) is 0 Å². The Labute approximate surface area is 265 Å². The molecule has 0 saturated carbocycles. The largest absolute Gasteiger partial charge is 0.497 e. The topological polar surface area (TPSA) is 105 Å². The molecular weight excluding hydrogens is 590 g/mol. The predicted molar refractivity (Wildman–Crippen MR) is 175 cm³/mol. The van der Waals surface area contributed by atoms with Gasteiger partial charge in [-0.05, 0) is 49.2 Å². The van der Waals surface area contributed by atoms with Crippen molar-refractivity contribution in [3.63, 3.8) is 0 Å². The maximum absolute atomic E-state index is 14.6. The van der Waals surface area contributed by atoms with Crippen LogP contribution in [0.4, 0.5) is 5.69 Å². The summed E-state index contributed by atoms with van der Waals surface area (Å²) >= 11 is 0. The summed E-state index contributed by atoms with van der Waals surface area (Å²) in [4.78, 5) is 29.7. The van der Waals surface area contributed by atoms with Crippen molar-refractivity contribution in [2.24, 2.45) is 0 Å². The van der Waals surface area contributed by atoms with Crippen LogP contribution >= 0.6 is 0 Å². The molecule has 0 heterocycles. The number of hydrogen-bond acceptors (Lipinski definition) is 6. The number of amides is 2. The minimum atomic E-state index is -4.29. The minimum Gasteiger partial charge on any atom is -0.497 e. The summed E-state index contributed by atoms with van der Waals surface area (Å²) in [6, 6.07) is 28.8. The lowest BCUT2D eigenvalue weighted by Gasteiger charge is -2.34. The maximum atomic E-state index is 14.6. The monoisotopic (exact) mass is 629 g/mol. The van der Waals surface area contributed by atoms with Gasteiger partial charge in [0.1, 0.15) is 24.1 Å². The van der Waals surface area contributed by atoms with Gasteiger partial charge in [0.25, 0.3) is 10.0 Å². The average molecular weight is 630 g/mol. The van der Waals surface area contributed by atoms with Crippen molar-refractivity contribution < 1.29 is 27.5 Å². The molecule has 0 radical (unpaired) electrons. The number of likely N-dealkylation sites (N-methyl/N-ethyl adjacent to an activating group) is 1. The van der Waals surface area contributed by atoms with Gasteiger partial charge in [0.2, 0.25) is 11.8 Å². The molecule has 1 unspecified atom stereocenters. The van der Waals surface area contributed by atoms with E-state index in [0.717, 1.165) is 21.0 Å². The molecule has 0 aliphatic carbocycles. The summed E-state index contributed by atoms with van der Waals surface area (Å²) < 4.78 is 40.5. The van der Waals surface area contributed by atoms with E-state index in [9.17, 15) is 18.0 Å². The smallest absolute Gasteiger partial charge is 0.264 e. The van der Waals surface area contributed by atoms with Gasteiger partial charge < -0.3 is 19.7 Å². The van der Waals surface area contributed by atoms with E-state index in [0.29, 0.717) is 12.3 Å². The number of carbonyl (C=O) groups excluding carboxylic acids is 2. The molecule has 0 spiro atoms. The number of aryl methyl sites for hydroxylation is 1. The normalized spacial score (nSPS) is 11.7. The molecule has 9 nitrogen and oxygen atoms in total. The zero-order valence-corrected chi connectivity index (χ0v) is 26.8. The number of nitrogens with one attached hydrogen (secondary N) is 1. The SMILES string of the molecule is CCNC(=O)C(Cc1ccccc1)N(Cc1cccc(C)c1)C(=O)CN(c1cc(OC)ccc1OC)S(=O)(=O)c1ccccc1. The highest BCUT2D eigenvalue weighted by atomic mass is 32.2. The van der Waals surface area contributed by atoms with Crippen LogP contribution in [0, 0.1) is 6.92 Å². The Kier molecular flexibility index (Phi) is 11.2. The Bertz CT molecular complexity index is 1700. The molecule has 4 aromatic rings. The van der Waals surface area contributed by atoms with E-state index in [1.54, 1.807) is 30.3 Å². The van der Waals surface area contributed by atoms with Gasteiger partial charge in [-0.2, -0.15) is 0 Å². The molecule has 0 aromatic heterocycles. The van der Waals surface area contributed by atoms with E-state index < -0.39 is 28.5 Å². The predicted octanol–water partition coefficient (Wildman–Crippen LogP) is 4.98. The molecule has 45 heavy (non-hydrogen) atoms. The molecule has 1 N–H and O–H groups in total. The molecule has 236 valence electrons. The van der Waals surface area contributed by atoms with Crippen molar-refractivity contribution in [1.82, 2.24) is 10.2 Å². The summed E-state index contributed by atoms with van der Waals surface area (Å²) in [5.74, 6) is -0.280. The first-order valence-corrected chi connectivity index (χ1v) is 16.1. The molecule has 0 bridgehead atoms. The van der Waals surface area contributed by atoms with E-state index in [4.69, 9.17) is 9.47 Å². The zero-order chi connectivity index (χ0) is 32.4. The van der Waals surface area contributed by atoms with Crippen molar-refractivity contribution in [1.29, 1.82) is 0 Å². The van der Waals surface area contributed by atoms with Crippen molar-refractivity contribution in [3.8, 4) is 11.5 Å². The first-order chi connectivity index (χ1) is 21.7. The molecule has 4 aromatic carbocycles. The lowest BCUT2D eigenvalue weighted by Crippen LogP contribution is -2.53. The number of sulfonamides is 1. The van der Waals surface area contributed by atoms with Gasteiger partial charge in [-0.3, -0.25) is 13.9 Å². The number of anilines is 1. The van der Waals surface area contributed by atoms with Gasteiger partial charge >= 0.3 is 0 Å². The molecular formula is C35H39N3O6S. The van der Waals surface area contributed by atoms with Crippen LogP contribution in [-0.4, -0.2) is 58.5 Å². The van der Waals surface area contributed by atoms with Gasteiger partial charge in [-0.25, -0.2) is 8.42 Å². The third kappa shape index (κ3) is 8.21. The lowest BCUT2D eigenvalue weighted by atomic mass is 10.0. The second kappa shape index (κ2) is 15.3. The highest BCUT2D eigenvalue weighted by Crippen LogP contribution is 2.36. The summed E-state index contributed by atoms with van der Waals surface area (Å²) in [7, 11) is -1.39. The Hall–Kier alpha value is -4.83. The van der Waals surface area contributed by atoms with E-state index in [1.807, 2.05) is 68.4 Å². The van der Waals surface area contributed by atoms with Crippen molar-refractivity contribution in [3.05, 3.63) is 120 Å². The Morgan fingerprint density at radius 1 is 0.822 bits per heavy atom. The Balaban J connectivity index is 1.85. The van der Waals surface area contributed by atoms with E-state index >= 15 is 0 Å². The molecule has 1 atom stereocenters. The van der Waals surface area contributed by atoms with Crippen molar-refractivity contribution >= 4 is 27.5 Å². The highest BCUT2D eigenvalue weighted by molar-refractivity contribution is 7.92. The van der Waals surface area contributed by atoms with Crippen LogP contribution < -0.4 is 19.1 Å². The first kappa shape index (κ1) is 33.1. The molecule has 10 heteroatoms. The summed E-state index contributed by atoms with van der Waals surface area (Å²) in [5, 5.41) is 2.87. The Morgan fingerprint density at radius 3 is 2.11 bits per heavy atom. The van der Waals surface area contributed by atoms with Gasteiger partial charge in [0, 0.05) is 25.6 Å². The maximum Gasteiger partial charge on any atom is 0.264 e. The fourth-order valence-corrected chi connectivity index (χ4v) is 6.52. The number of hydrogen-bond donors (Lipinski definition) is 1. The molecule has 0 fully saturated rings. The van der Waals surface area contributed by atoms with Gasteiger partial charge in [-0.1, -0.05) is 78.4 Å². The quantitative estimate of drug-likeness (QED) is 0.211. The van der Waals surface area contributed by atoms with Crippen LogP contribution in [0.25, 0.3) is 0 Å². The second-order valence-corrected chi connectivity index (χ2v) is 12.3. The van der Waals surface area contributed by atoms with Crippen LogP contribution in [0.3, 0.4) is 0 Å². The summed E-state index contributed by atoms with van der Waals surface area (Å²) in [5.41, 5.74) is 2.79. The third-order valence-electron chi connectivity index (χ3n) is 7.32. The fourth-order valence-electron chi connectivity index (χ4n) is 5.08. The zero-order valence-electron chi connectivity index (χ0n) is 26.0. The van der Waals surface area contributed by atoms with E-state index in [2.05, 4.69) is 5.32 Å². The average Bonchev–Trinajstić information content (AvgIpc) is 3.05. The minimum absolute atomic E-state index is 0.00234. The van der Waals surface area contributed by atoms with Crippen molar-refractivity contribution in [2.45, 2.75) is 37.8 Å². The third-order valence-corrected chi connectivity index (χ3v) is 9.10. The number of nitrogens with zero attached hydrogens (tertiary/aromatic N) is 2. The number of benzene rings is 4. The van der Waals surface area contributed by atoms with E-state index in [1.165, 1.54) is 37.3 Å². The van der Waals surface area contributed by atoms with Crippen LogP contribution in [0.15, 0.2) is 108 Å². The molecule has 4 rings (SSSR count). The number of ether oxygens (including phenoxy) is 2. The van der Waals surface area contributed by atoms with Crippen LogP contribution in [0.5, 0.6) is 11.5 Å². The van der Waals surface area contributed by atoms with Gasteiger partial charge in [0.05, 0.1) is 24.8 Å². The van der Waals surface area contributed by atoms with Gasteiger partial charge in [-0.15, -0.1) is 0 Å². The molecule has 0 aliphatic heterocycles. The van der Waals surface area contributed by atoms with Crippen LogP contribution in [0.1, 0.15) is 23.6 Å². The Morgan fingerprint density at radius 2 is 1.49 bits per heavy atom. The number of methoxy groups -OCH3 is 2. The summed E-state index contributed by atoms with van der Waals surface area (Å²) in [6.45, 7) is 3.62. The number of rotatable bonds is 14. The molecule has 2 amide bonds. The fraction of sp³-hybridized carbons (Fsp3) is 0.257. The lowest BCUT2D eigenvalue weighted by molar-refractivity contribution is -0.140. The second-order valence-electron chi connectivity index (χ2n) is 10.5. The van der Waals surface area contributed by atoms with Gasteiger partial charge in [0.15, 0.2) is 0 Å². The van der Waals surface area contributed by atoms with Crippen molar-refractivity contribution in [2.75, 3.05) is 31.6 Å². The van der Waals surface area contributed by atoms with E-state index in [-0.39, 0.29) is 35.2 Å². The standard InChI is InChI=1S/C35H39N3O6S/c1-5-36-35(40)32(22-27-14-8-6-9-15-27)37(24-28-16-12-13-26(2)21-28)34(39)25-38(45(41,42)30-17-10-7-11-18-30)31-23-29(43-3)19-20-33(31)44-4/h6-21,23,32H,5,22,24-25H2,1-4H3,(H,36,40). The van der Waals surface area contributed by atoms with Crippen LogP contribution in [-0.2, 0) is 32.6 Å².